The van der Waals surface area contributed by atoms with Crippen LogP contribution in [-0.4, -0.2) is 39.3 Å². The van der Waals surface area contributed by atoms with Crippen LogP contribution in [0.5, 0.6) is 0 Å². The minimum absolute atomic E-state index is 0.0287. The Balaban J connectivity index is 2.49. The maximum atomic E-state index is 12.1. The molecule has 0 aromatic carbocycles. The first kappa shape index (κ1) is 21.6. The van der Waals surface area contributed by atoms with Crippen molar-refractivity contribution in [3.05, 3.63) is 24.3 Å². The van der Waals surface area contributed by atoms with Crippen LogP contribution in [0.4, 0.5) is 0 Å². The minimum Gasteiger partial charge on any atom is -0.481 e. The van der Waals surface area contributed by atoms with Crippen LogP contribution in [0.1, 0.15) is 64.7 Å². The number of unbranched alkanes of at least 4 members (excludes halogenated alkanes) is 3. The molecule has 0 aliphatic heterocycles. The molecule has 25 heavy (non-hydrogen) atoms. The number of carbonyl (C=O) groups excluding carboxylic acids is 1. The first-order chi connectivity index (χ1) is 12.0. The van der Waals surface area contributed by atoms with Crippen molar-refractivity contribution in [2.75, 3.05) is 0 Å². The number of carbonyl (C=O) groups is 2. The molecular weight excluding hydrogens is 320 g/mol. The Morgan fingerprint density at radius 3 is 2.72 bits per heavy atom. The number of carboxylic acids is 1. The van der Waals surface area contributed by atoms with Crippen LogP contribution < -0.4 is 0 Å². The Morgan fingerprint density at radius 1 is 1.28 bits per heavy atom. The zero-order chi connectivity index (χ0) is 18.7. The molecule has 0 spiro atoms. The summed E-state index contributed by atoms with van der Waals surface area (Å²) in [6.07, 6.45) is 12.1. The molecule has 0 heterocycles. The Labute approximate surface area is 150 Å². The van der Waals surface area contributed by atoms with Gasteiger partial charge in [-0.2, -0.15) is 0 Å². The average Bonchev–Trinajstić information content (AvgIpc) is 2.81. The number of rotatable bonds is 12. The van der Waals surface area contributed by atoms with Gasteiger partial charge in [-0.1, -0.05) is 44.1 Å². The molecule has 1 aliphatic rings. The maximum absolute atomic E-state index is 12.1. The smallest absolute Gasteiger partial charge is 0.303 e. The van der Waals surface area contributed by atoms with Crippen LogP contribution in [-0.2, 0) is 9.59 Å². The van der Waals surface area contributed by atoms with Gasteiger partial charge in [0.1, 0.15) is 5.78 Å². The lowest BCUT2D eigenvalue weighted by atomic mass is 9.90. The largest absolute Gasteiger partial charge is 0.481 e. The van der Waals surface area contributed by atoms with Crippen LogP contribution in [0, 0.1) is 11.8 Å². The van der Waals surface area contributed by atoms with Gasteiger partial charge in [-0.3, -0.25) is 9.59 Å². The summed E-state index contributed by atoms with van der Waals surface area (Å²) in [5.41, 5.74) is 0. The summed E-state index contributed by atoms with van der Waals surface area (Å²) < 4.78 is 0. The number of aliphatic carboxylic acids is 1. The van der Waals surface area contributed by atoms with Crippen molar-refractivity contribution >= 4 is 11.8 Å². The SMILES string of the molecule is CCCCC/C=C\C[C@H]1C(=O)C[C@@H](O)[C@H]1/C=C/[C@@H](O)CCCC(=O)O. The number of ketones is 1. The molecule has 0 amide bonds. The van der Waals surface area contributed by atoms with E-state index in [4.69, 9.17) is 5.11 Å². The van der Waals surface area contributed by atoms with Crippen LogP contribution in [0.25, 0.3) is 0 Å². The Hall–Kier alpha value is -1.46. The van der Waals surface area contributed by atoms with Crippen LogP contribution in [0.2, 0.25) is 0 Å². The lowest BCUT2D eigenvalue weighted by molar-refractivity contribution is -0.137. The van der Waals surface area contributed by atoms with Crippen LogP contribution >= 0.6 is 0 Å². The van der Waals surface area contributed by atoms with Crippen molar-refractivity contribution in [3.8, 4) is 0 Å². The molecule has 5 nitrogen and oxygen atoms in total. The van der Waals surface area contributed by atoms with E-state index in [2.05, 4.69) is 13.0 Å². The highest BCUT2D eigenvalue weighted by atomic mass is 16.4. The number of Topliss-reactive ketones (excluding diaryl/α,β-unsaturated/α-hetero) is 1. The first-order valence-electron chi connectivity index (χ1n) is 9.39. The summed E-state index contributed by atoms with van der Waals surface area (Å²) in [5.74, 6) is -1.32. The summed E-state index contributed by atoms with van der Waals surface area (Å²) in [5, 5.41) is 28.6. The van der Waals surface area contributed by atoms with E-state index in [1.54, 1.807) is 12.2 Å². The molecule has 0 bridgehead atoms. The van der Waals surface area contributed by atoms with Crippen molar-refractivity contribution in [2.24, 2.45) is 11.8 Å². The van der Waals surface area contributed by atoms with Gasteiger partial charge in [-0.15, -0.1) is 0 Å². The molecule has 1 fully saturated rings. The van der Waals surface area contributed by atoms with Gasteiger partial charge >= 0.3 is 5.97 Å². The summed E-state index contributed by atoms with van der Waals surface area (Å²) in [7, 11) is 0. The molecule has 0 unspecified atom stereocenters. The van der Waals surface area contributed by atoms with Crippen molar-refractivity contribution in [3.63, 3.8) is 0 Å². The third kappa shape index (κ3) is 8.45. The molecule has 1 saturated carbocycles. The van der Waals surface area contributed by atoms with Gasteiger partial charge in [-0.25, -0.2) is 0 Å². The highest BCUT2D eigenvalue weighted by Gasteiger charge is 2.39. The lowest BCUT2D eigenvalue weighted by Crippen LogP contribution is -2.18. The molecule has 5 heteroatoms. The van der Waals surface area contributed by atoms with E-state index in [-0.39, 0.29) is 30.5 Å². The topological polar surface area (TPSA) is 94.8 Å². The normalized spacial score (nSPS) is 25.2. The maximum Gasteiger partial charge on any atom is 0.303 e. The fourth-order valence-corrected chi connectivity index (χ4v) is 3.22. The Morgan fingerprint density at radius 2 is 2.04 bits per heavy atom. The number of hydrogen-bond acceptors (Lipinski definition) is 4. The van der Waals surface area contributed by atoms with Gasteiger partial charge in [-0.05, 0) is 32.1 Å². The molecule has 142 valence electrons. The number of allylic oxidation sites excluding steroid dienone is 2. The van der Waals surface area contributed by atoms with Gasteiger partial charge in [0.05, 0.1) is 12.2 Å². The molecule has 0 radical (unpaired) electrons. The van der Waals surface area contributed by atoms with E-state index in [1.807, 2.05) is 6.08 Å². The number of aliphatic hydroxyl groups is 2. The van der Waals surface area contributed by atoms with E-state index in [0.717, 1.165) is 12.8 Å². The zero-order valence-electron chi connectivity index (χ0n) is 15.1. The summed E-state index contributed by atoms with van der Waals surface area (Å²) in [4.78, 5) is 22.6. The molecule has 0 aromatic heterocycles. The number of aliphatic hydroxyl groups excluding tert-OH is 2. The molecule has 4 atom stereocenters. The number of carboxylic acid groups (broad SMARTS) is 1. The second kappa shape index (κ2) is 12.0. The summed E-state index contributed by atoms with van der Waals surface area (Å²) >= 11 is 0. The standard InChI is InChI=1S/C20H32O5/c1-2-3-4-5-6-7-10-16-17(19(23)14-18(16)22)13-12-15(21)9-8-11-20(24)25/h6-7,12-13,15-17,19,21,23H,2-5,8-11,14H2,1H3,(H,24,25)/b7-6-,13-12+/t15-,16+,17-,19+/m0/s1. The fraction of sp³-hybridized carbons (Fsp3) is 0.700. The van der Waals surface area contributed by atoms with E-state index < -0.39 is 18.2 Å². The third-order valence-corrected chi connectivity index (χ3v) is 4.71. The van der Waals surface area contributed by atoms with Crippen molar-refractivity contribution in [1.29, 1.82) is 0 Å². The minimum atomic E-state index is -0.876. The van der Waals surface area contributed by atoms with Gasteiger partial charge in [0, 0.05) is 24.7 Å². The Kier molecular flexibility index (Phi) is 10.3. The second-order valence-corrected chi connectivity index (χ2v) is 6.86. The van der Waals surface area contributed by atoms with Crippen molar-refractivity contribution < 1.29 is 24.9 Å². The first-order valence-corrected chi connectivity index (χ1v) is 9.39. The van der Waals surface area contributed by atoms with Crippen molar-refractivity contribution in [1.82, 2.24) is 0 Å². The average molecular weight is 352 g/mol. The molecule has 1 rings (SSSR count). The van der Waals surface area contributed by atoms with Gasteiger partial charge in [0.15, 0.2) is 0 Å². The molecular formula is C20H32O5. The highest BCUT2D eigenvalue weighted by Crippen LogP contribution is 2.33. The lowest BCUT2D eigenvalue weighted by Gasteiger charge is -2.16. The number of hydrogen-bond donors (Lipinski definition) is 3. The monoisotopic (exact) mass is 352 g/mol. The molecule has 0 saturated heterocycles. The zero-order valence-corrected chi connectivity index (χ0v) is 15.1. The highest BCUT2D eigenvalue weighted by molar-refractivity contribution is 5.84. The van der Waals surface area contributed by atoms with Crippen molar-refractivity contribution in [2.45, 2.75) is 76.9 Å². The van der Waals surface area contributed by atoms with Gasteiger partial charge in [0.25, 0.3) is 0 Å². The molecule has 0 aromatic rings. The van der Waals surface area contributed by atoms with Gasteiger partial charge in [0.2, 0.25) is 0 Å². The van der Waals surface area contributed by atoms with E-state index in [1.165, 1.54) is 12.8 Å². The molecule has 3 N–H and O–H groups in total. The third-order valence-electron chi connectivity index (χ3n) is 4.71. The summed E-state index contributed by atoms with van der Waals surface area (Å²) in [6, 6.07) is 0. The second-order valence-electron chi connectivity index (χ2n) is 6.86. The van der Waals surface area contributed by atoms with E-state index in [9.17, 15) is 19.8 Å². The Bertz CT molecular complexity index is 469. The summed E-state index contributed by atoms with van der Waals surface area (Å²) in [6.45, 7) is 2.16. The van der Waals surface area contributed by atoms with Crippen LogP contribution in [0.3, 0.4) is 0 Å². The van der Waals surface area contributed by atoms with E-state index >= 15 is 0 Å². The quantitative estimate of drug-likeness (QED) is 0.370. The fourth-order valence-electron chi connectivity index (χ4n) is 3.22. The van der Waals surface area contributed by atoms with Crippen LogP contribution in [0.15, 0.2) is 24.3 Å². The van der Waals surface area contributed by atoms with E-state index in [0.29, 0.717) is 19.3 Å². The predicted molar refractivity (Wildman–Crippen MR) is 97.1 cm³/mol. The molecule has 1 aliphatic carbocycles. The predicted octanol–water partition coefficient (Wildman–Crippen LogP) is 3.25. The van der Waals surface area contributed by atoms with Gasteiger partial charge < -0.3 is 15.3 Å².